The summed E-state index contributed by atoms with van der Waals surface area (Å²) in [5, 5.41) is 0. The van der Waals surface area contributed by atoms with Gasteiger partial charge in [0.1, 0.15) is 0 Å². The Hall–Kier alpha value is -3.16. The van der Waals surface area contributed by atoms with Gasteiger partial charge in [0.2, 0.25) is 5.69 Å². The third kappa shape index (κ3) is 4.05. The molecule has 1 saturated heterocycles. The number of amides is 1. The van der Waals surface area contributed by atoms with Crippen LogP contribution in [0.1, 0.15) is 36.7 Å². The third-order valence-electron chi connectivity index (χ3n) is 4.72. The number of hydrogen-bond donors (Lipinski definition) is 1. The lowest BCUT2D eigenvalue weighted by molar-refractivity contribution is 0.0517. The molecule has 8 heteroatoms. The Balaban J connectivity index is 0.000000167. The molecule has 1 N–H and O–H groups in total. The molecule has 28 heavy (non-hydrogen) atoms. The lowest BCUT2D eigenvalue weighted by atomic mass is 10.0. The molecule has 4 rings (SSSR count). The van der Waals surface area contributed by atoms with E-state index in [2.05, 4.69) is 22.1 Å². The van der Waals surface area contributed by atoms with Crippen LogP contribution < -0.4 is 5.56 Å². The average molecular weight is 385 g/mol. The molecule has 0 spiro atoms. The van der Waals surface area contributed by atoms with E-state index in [4.69, 9.17) is 9.47 Å². The van der Waals surface area contributed by atoms with Crippen molar-refractivity contribution in [2.45, 2.75) is 38.3 Å². The van der Waals surface area contributed by atoms with Gasteiger partial charge in [0, 0.05) is 0 Å². The number of aromatic nitrogens is 2. The van der Waals surface area contributed by atoms with Crippen LogP contribution in [0.15, 0.2) is 41.2 Å². The molecule has 1 amide bonds. The van der Waals surface area contributed by atoms with Crippen molar-refractivity contribution in [1.82, 2.24) is 14.9 Å². The number of rotatable bonds is 2. The van der Waals surface area contributed by atoms with Crippen LogP contribution in [0.4, 0.5) is 4.79 Å². The number of aromatic amines is 1. The Bertz CT molecular complexity index is 938. The summed E-state index contributed by atoms with van der Waals surface area (Å²) in [5.74, 6) is -0.700. The number of nitrogens with zero attached hydrogens (tertiary/aromatic N) is 2. The average Bonchev–Trinajstić information content (AvgIpc) is 2.96. The molecule has 0 saturated carbocycles. The van der Waals surface area contributed by atoms with Crippen LogP contribution in [-0.4, -0.2) is 52.7 Å². The normalized spacial score (nSPS) is 19.7. The SMILES string of the molecule is CCOC(=O)c1nc2ccccc2[nH]c1=O.COC(=O)N1C2C=CC1CCC2. The summed E-state index contributed by atoms with van der Waals surface area (Å²) in [5.41, 5.74) is 0.420. The van der Waals surface area contributed by atoms with Crippen LogP contribution in [0.2, 0.25) is 0 Å². The number of nitrogens with one attached hydrogen (secondary N) is 1. The van der Waals surface area contributed by atoms with E-state index in [1.807, 2.05) is 4.90 Å². The van der Waals surface area contributed by atoms with Crippen molar-refractivity contribution >= 4 is 23.1 Å². The first-order valence-electron chi connectivity index (χ1n) is 9.26. The van der Waals surface area contributed by atoms with Crippen molar-refractivity contribution < 1.29 is 19.1 Å². The number of carbonyl (C=O) groups is 2. The number of esters is 1. The second-order valence-corrected chi connectivity index (χ2v) is 6.48. The number of para-hydroxylation sites is 2. The molecule has 2 aliphatic heterocycles. The van der Waals surface area contributed by atoms with E-state index < -0.39 is 11.5 Å². The number of methoxy groups -OCH3 is 1. The predicted molar refractivity (Wildman–Crippen MR) is 103 cm³/mol. The van der Waals surface area contributed by atoms with Gasteiger partial charge in [-0.1, -0.05) is 24.3 Å². The van der Waals surface area contributed by atoms with Crippen molar-refractivity contribution in [3.8, 4) is 0 Å². The minimum atomic E-state index is -0.700. The second kappa shape index (κ2) is 8.69. The number of H-pyrrole nitrogens is 1. The Labute approximate surface area is 162 Å². The number of ether oxygens (including phenoxy) is 2. The van der Waals surface area contributed by atoms with Crippen LogP contribution in [-0.2, 0) is 9.47 Å². The molecule has 1 aromatic carbocycles. The van der Waals surface area contributed by atoms with Gasteiger partial charge in [0.25, 0.3) is 5.56 Å². The van der Waals surface area contributed by atoms with Gasteiger partial charge in [-0.25, -0.2) is 14.6 Å². The van der Waals surface area contributed by atoms with E-state index >= 15 is 0 Å². The van der Waals surface area contributed by atoms with Gasteiger partial charge in [0.15, 0.2) is 0 Å². The molecular weight excluding hydrogens is 362 g/mol. The fourth-order valence-electron chi connectivity index (χ4n) is 3.44. The summed E-state index contributed by atoms with van der Waals surface area (Å²) in [6.45, 7) is 1.89. The third-order valence-corrected chi connectivity index (χ3v) is 4.72. The number of benzene rings is 1. The van der Waals surface area contributed by atoms with Gasteiger partial charge in [-0.3, -0.25) is 9.69 Å². The van der Waals surface area contributed by atoms with E-state index in [0.29, 0.717) is 23.1 Å². The van der Waals surface area contributed by atoms with Crippen molar-refractivity contribution in [3.05, 3.63) is 52.5 Å². The van der Waals surface area contributed by atoms with Gasteiger partial charge in [-0.15, -0.1) is 0 Å². The lowest BCUT2D eigenvalue weighted by Crippen LogP contribution is -2.44. The fraction of sp³-hybridized carbons (Fsp3) is 0.400. The molecule has 2 unspecified atom stereocenters. The van der Waals surface area contributed by atoms with E-state index in [-0.39, 0.29) is 18.4 Å². The summed E-state index contributed by atoms with van der Waals surface area (Å²) >= 11 is 0. The molecule has 2 atom stereocenters. The van der Waals surface area contributed by atoms with Crippen molar-refractivity contribution in [2.75, 3.05) is 13.7 Å². The topological polar surface area (TPSA) is 102 Å². The van der Waals surface area contributed by atoms with Crippen LogP contribution in [0.3, 0.4) is 0 Å². The Morgan fingerprint density at radius 3 is 2.54 bits per heavy atom. The van der Waals surface area contributed by atoms with Gasteiger partial charge in [0.05, 0.1) is 36.8 Å². The highest BCUT2D eigenvalue weighted by Crippen LogP contribution is 2.30. The fourth-order valence-corrected chi connectivity index (χ4v) is 3.44. The predicted octanol–water partition coefficient (Wildman–Crippen LogP) is 2.65. The Morgan fingerprint density at radius 1 is 1.21 bits per heavy atom. The van der Waals surface area contributed by atoms with E-state index in [0.717, 1.165) is 12.8 Å². The number of piperidine rings is 1. The molecule has 1 fully saturated rings. The first-order chi connectivity index (χ1) is 13.5. The zero-order valence-electron chi connectivity index (χ0n) is 15.9. The maximum absolute atomic E-state index is 11.5. The van der Waals surface area contributed by atoms with E-state index in [9.17, 15) is 14.4 Å². The van der Waals surface area contributed by atoms with Crippen molar-refractivity contribution in [1.29, 1.82) is 0 Å². The first-order valence-corrected chi connectivity index (χ1v) is 9.26. The molecule has 148 valence electrons. The molecule has 3 heterocycles. The lowest BCUT2D eigenvalue weighted by Gasteiger charge is -2.33. The maximum Gasteiger partial charge on any atom is 0.410 e. The second-order valence-electron chi connectivity index (χ2n) is 6.48. The molecule has 2 bridgehead atoms. The molecule has 2 aromatic rings. The molecule has 2 aliphatic rings. The largest absolute Gasteiger partial charge is 0.461 e. The van der Waals surface area contributed by atoms with Crippen LogP contribution in [0.5, 0.6) is 0 Å². The highest BCUT2D eigenvalue weighted by atomic mass is 16.5. The molecule has 8 nitrogen and oxygen atoms in total. The number of hydrogen-bond acceptors (Lipinski definition) is 6. The van der Waals surface area contributed by atoms with Gasteiger partial charge in [-0.2, -0.15) is 0 Å². The Kier molecular flexibility index (Phi) is 6.08. The van der Waals surface area contributed by atoms with E-state index in [1.54, 1.807) is 31.2 Å². The summed E-state index contributed by atoms with van der Waals surface area (Å²) < 4.78 is 9.45. The minimum Gasteiger partial charge on any atom is -0.461 e. The van der Waals surface area contributed by atoms with Gasteiger partial charge < -0.3 is 14.5 Å². The molecular formula is C20H23N3O5. The van der Waals surface area contributed by atoms with Gasteiger partial charge in [-0.05, 0) is 38.3 Å². The quantitative estimate of drug-likeness (QED) is 0.630. The Morgan fingerprint density at radius 2 is 1.89 bits per heavy atom. The van der Waals surface area contributed by atoms with E-state index in [1.165, 1.54) is 13.5 Å². The smallest absolute Gasteiger partial charge is 0.410 e. The summed E-state index contributed by atoms with van der Waals surface area (Å²) in [7, 11) is 1.44. The van der Waals surface area contributed by atoms with Crippen LogP contribution in [0.25, 0.3) is 11.0 Å². The van der Waals surface area contributed by atoms with Gasteiger partial charge >= 0.3 is 12.1 Å². The van der Waals surface area contributed by atoms with Crippen LogP contribution in [0, 0.1) is 0 Å². The zero-order valence-corrected chi connectivity index (χ0v) is 15.9. The minimum absolute atomic E-state index is 0.185. The van der Waals surface area contributed by atoms with Crippen LogP contribution >= 0.6 is 0 Å². The number of fused-ring (bicyclic) bond motifs is 3. The van der Waals surface area contributed by atoms with Crippen molar-refractivity contribution in [3.63, 3.8) is 0 Å². The zero-order chi connectivity index (χ0) is 20.1. The standard InChI is InChI=1S/C11H10N2O3.C9H13NO2/c1-2-16-11(15)9-10(14)13-8-6-4-3-5-7(8)12-9;1-12-9(11)10-7-3-2-4-8(10)6-5-7/h3-6H,2H2,1H3,(H,13,14);5-8H,2-4H2,1H3. The molecule has 1 aromatic heterocycles. The highest BCUT2D eigenvalue weighted by molar-refractivity contribution is 5.89. The number of carbonyl (C=O) groups excluding carboxylic acids is 2. The summed E-state index contributed by atoms with van der Waals surface area (Å²) in [6.07, 6.45) is 7.44. The summed E-state index contributed by atoms with van der Waals surface area (Å²) in [6, 6.07) is 7.60. The maximum atomic E-state index is 11.5. The summed E-state index contributed by atoms with van der Waals surface area (Å²) in [4.78, 5) is 42.6. The first kappa shape index (κ1) is 19.6. The molecule has 0 radical (unpaired) electrons. The molecule has 0 aliphatic carbocycles. The van der Waals surface area contributed by atoms with Crippen molar-refractivity contribution in [2.24, 2.45) is 0 Å². The monoisotopic (exact) mass is 385 g/mol. The highest BCUT2D eigenvalue weighted by Gasteiger charge is 2.36.